The first kappa shape index (κ1) is 16.5. The molecule has 1 aromatic carbocycles. The van der Waals surface area contributed by atoms with Crippen molar-refractivity contribution in [2.75, 3.05) is 18.5 Å². The SMILES string of the molecule is Cc1cc2c(cc1-c1ccc(NC(=O)c3snnc3C)cn1)OCCO2. The number of aryl methyl sites for hydroxylation is 2. The molecule has 0 unspecified atom stereocenters. The number of ether oxygens (including phenoxy) is 2. The van der Waals surface area contributed by atoms with Crippen molar-refractivity contribution in [1.82, 2.24) is 14.6 Å². The lowest BCUT2D eigenvalue weighted by Crippen LogP contribution is -2.15. The summed E-state index contributed by atoms with van der Waals surface area (Å²) in [6, 6.07) is 7.59. The van der Waals surface area contributed by atoms with E-state index in [1.54, 1.807) is 13.1 Å². The van der Waals surface area contributed by atoms with E-state index in [2.05, 4.69) is 19.9 Å². The van der Waals surface area contributed by atoms with Crippen molar-refractivity contribution in [3.05, 3.63) is 46.6 Å². The van der Waals surface area contributed by atoms with Crippen molar-refractivity contribution >= 4 is 23.1 Å². The molecule has 4 rings (SSSR count). The summed E-state index contributed by atoms with van der Waals surface area (Å²) in [6.07, 6.45) is 1.63. The second-order valence-corrected chi connectivity index (χ2v) is 6.64. The quantitative estimate of drug-likeness (QED) is 0.764. The first-order valence-electron chi connectivity index (χ1n) is 8.09. The van der Waals surface area contributed by atoms with E-state index in [1.807, 2.05) is 31.2 Å². The maximum atomic E-state index is 12.2. The lowest BCUT2D eigenvalue weighted by atomic mass is 10.0. The number of hydrogen-bond acceptors (Lipinski definition) is 7. The van der Waals surface area contributed by atoms with Gasteiger partial charge in [-0.3, -0.25) is 9.78 Å². The summed E-state index contributed by atoms with van der Waals surface area (Å²) in [5.41, 5.74) is 4.04. The van der Waals surface area contributed by atoms with E-state index >= 15 is 0 Å². The van der Waals surface area contributed by atoms with Crippen LogP contribution in [0.15, 0.2) is 30.5 Å². The van der Waals surface area contributed by atoms with Crippen LogP contribution in [0.2, 0.25) is 0 Å². The Balaban J connectivity index is 1.56. The van der Waals surface area contributed by atoms with Crippen LogP contribution in [0.5, 0.6) is 11.5 Å². The topological polar surface area (TPSA) is 86.2 Å². The Bertz CT molecular complexity index is 969. The largest absolute Gasteiger partial charge is 0.486 e. The number of amides is 1. The summed E-state index contributed by atoms with van der Waals surface area (Å²) in [5.74, 6) is 1.25. The van der Waals surface area contributed by atoms with Crippen LogP contribution in [-0.2, 0) is 0 Å². The summed E-state index contributed by atoms with van der Waals surface area (Å²) < 4.78 is 15.0. The maximum absolute atomic E-state index is 12.2. The van der Waals surface area contributed by atoms with E-state index < -0.39 is 0 Å². The fourth-order valence-electron chi connectivity index (χ4n) is 2.72. The van der Waals surface area contributed by atoms with E-state index in [9.17, 15) is 4.79 Å². The number of rotatable bonds is 3. The van der Waals surface area contributed by atoms with Crippen molar-refractivity contribution in [1.29, 1.82) is 0 Å². The number of carbonyl (C=O) groups is 1. The molecule has 1 N–H and O–H groups in total. The highest BCUT2D eigenvalue weighted by molar-refractivity contribution is 7.08. The molecule has 26 heavy (non-hydrogen) atoms. The van der Waals surface area contributed by atoms with Crippen molar-refractivity contribution in [3.8, 4) is 22.8 Å². The smallest absolute Gasteiger partial charge is 0.269 e. The maximum Gasteiger partial charge on any atom is 0.269 e. The van der Waals surface area contributed by atoms with Gasteiger partial charge in [0.25, 0.3) is 5.91 Å². The average molecular weight is 368 g/mol. The van der Waals surface area contributed by atoms with Gasteiger partial charge in [-0.05, 0) is 55.2 Å². The van der Waals surface area contributed by atoms with E-state index in [4.69, 9.17) is 9.47 Å². The molecule has 0 radical (unpaired) electrons. The highest BCUT2D eigenvalue weighted by Crippen LogP contribution is 2.36. The number of hydrogen-bond donors (Lipinski definition) is 1. The molecule has 0 saturated carbocycles. The van der Waals surface area contributed by atoms with Crippen LogP contribution < -0.4 is 14.8 Å². The van der Waals surface area contributed by atoms with Gasteiger partial charge in [0.1, 0.15) is 18.1 Å². The molecule has 0 atom stereocenters. The van der Waals surface area contributed by atoms with Crippen molar-refractivity contribution in [2.45, 2.75) is 13.8 Å². The summed E-state index contributed by atoms with van der Waals surface area (Å²) in [4.78, 5) is 17.2. The third-order valence-corrected chi connectivity index (χ3v) is 4.87. The number of nitrogens with one attached hydrogen (secondary N) is 1. The molecule has 1 aliphatic heterocycles. The summed E-state index contributed by atoms with van der Waals surface area (Å²) >= 11 is 1.07. The Morgan fingerprint density at radius 3 is 2.58 bits per heavy atom. The predicted octanol–water partition coefficient (Wildman–Crippen LogP) is 3.24. The molecule has 0 aliphatic carbocycles. The van der Waals surface area contributed by atoms with Gasteiger partial charge >= 0.3 is 0 Å². The van der Waals surface area contributed by atoms with Gasteiger partial charge in [0.05, 0.1) is 23.3 Å². The minimum Gasteiger partial charge on any atom is -0.486 e. The number of aromatic nitrogens is 3. The first-order valence-corrected chi connectivity index (χ1v) is 8.86. The molecular weight excluding hydrogens is 352 g/mol. The molecule has 3 aromatic rings. The monoisotopic (exact) mass is 368 g/mol. The molecule has 1 amide bonds. The number of carbonyl (C=O) groups excluding carboxylic acids is 1. The van der Waals surface area contributed by atoms with E-state index in [0.717, 1.165) is 39.9 Å². The van der Waals surface area contributed by atoms with Crippen LogP contribution in [-0.4, -0.2) is 33.7 Å². The normalized spacial score (nSPS) is 12.7. The number of nitrogens with zero attached hydrogens (tertiary/aromatic N) is 3. The van der Waals surface area contributed by atoms with Crippen molar-refractivity contribution in [3.63, 3.8) is 0 Å². The Kier molecular flexibility index (Phi) is 4.26. The molecule has 1 aliphatic rings. The number of benzene rings is 1. The minimum absolute atomic E-state index is 0.234. The third-order valence-electron chi connectivity index (χ3n) is 4.04. The molecule has 2 aromatic heterocycles. The molecule has 7 nitrogen and oxygen atoms in total. The van der Waals surface area contributed by atoms with Gasteiger partial charge < -0.3 is 14.8 Å². The first-order chi connectivity index (χ1) is 12.6. The number of fused-ring (bicyclic) bond motifs is 1. The molecule has 8 heteroatoms. The molecule has 0 spiro atoms. The Labute approximate surface area is 154 Å². The summed E-state index contributed by atoms with van der Waals surface area (Å²) in [5, 5.41) is 6.66. The van der Waals surface area contributed by atoms with Crippen LogP contribution in [0.3, 0.4) is 0 Å². The second kappa shape index (κ2) is 6.72. The number of pyridine rings is 1. The van der Waals surface area contributed by atoms with Crippen LogP contribution in [0, 0.1) is 13.8 Å². The lowest BCUT2D eigenvalue weighted by molar-refractivity contribution is 0.103. The minimum atomic E-state index is -0.234. The van der Waals surface area contributed by atoms with Crippen LogP contribution in [0.4, 0.5) is 5.69 Å². The van der Waals surface area contributed by atoms with E-state index in [-0.39, 0.29) is 5.91 Å². The molecule has 3 heterocycles. The van der Waals surface area contributed by atoms with Gasteiger partial charge in [0, 0.05) is 5.56 Å². The fourth-order valence-corrected chi connectivity index (χ4v) is 3.27. The molecule has 0 bridgehead atoms. The van der Waals surface area contributed by atoms with E-state index in [0.29, 0.717) is 29.5 Å². The molecule has 132 valence electrons. The summed E-state index contributed by atoms with van der Waals surface area (Å²) in [7, 11) is 0. The fraction of sp³-hybridized carbons (Fsp3) is 0.222. The Hall–Kier alpha value is -3.00. The van der Waals surface area contributed by atoms with E-state index in [1.165, 1.54) is 0 Å². The second-order valence-electron chi connectivity index (χ2n) is 5.88. The highest BCUT2D eigenvalue weighted by atomic mass is 32.1. The van der Waals surface area contributed by atoms with Crippen molar-refractivity contribution in [2.24, 2.45) is 0 Å². The third kappa shape index (κ3) is 3.11. The van der Waals surface area contributed by atoms with Crippen LogP contribution >= 0.6 is 11.5 Å². The van der Waals surface area contributed by atoms with Crippen molar-refractivity contribution < 1.29 is 14.3 Å². The van der Waals surface area contributed by atoms with Crippen LogP contribution in [0.1, 0.15) is 20.9 Å². The average Bonchev–Trinajstić information content (AvgIpc) is 3.08. The highest BCUT2D eigenvalue weighted by Gasteiger charge is 2.16. The van der Waals surface area contributed by atoms with Gasteiger partial charge in [-0.25, -0.2) is 0 Å². The van der Waals surface area contributed by atoms with Gasteiger partial charge in [-0.15, -0.1) is 5.10 Å². The standard InChI is InChI=1S/C18H16N4O3S/c1-10-7-15-16(25-6-5-24-15)8-13(10)14-4-3-12(9-19-14)20-18(23)17-11(2)21-22-26-17/h3-4,7-9H,5-6H2,1-2H3,(H,20,23). The van der Waals surface area contributed by atoms with Gasteiger partial charge in [-0.2, -0.15) is 0 Å². The Morgan fingerprint density at radius 1 is 1.15 bits per heavy atom. The van der Waals surface area contributed by atoms with Gasteiger partial charge in [-0.1, -0.05) is 4.49 Å². The molecule has 0 fully saturated rings. The zero-order valence-electron chi connectivity index (χ0n) is 14.3. The van der Waals surface area contributed by atoms with Gasteiger partial charge in [0.2, 0.25) is 0 Å². The number of anilines is 1. The molecular formula is C18H16N4O3S. The Morgan fingerprint density at radius 2 is 1.92 bits per heavy atom. The van der Waals surface area contributed by atoms with Crippen LogP contribution in [0.25, 0.3) is 11.3 Å². The zero-order valence-corrected chi connectivity index (χ0v) is 15.1. The molecule has 0 saturated heterocycles. The zero-order chi connectivity index (χ0) is 18.1. The van der Waals surface area contributed by atoms with Gasteiger partial charge in [0.15, 0.2) is 11.5 Å². The predicted molar refractivity (Wildman–Crippen MR) is 98.0 cm³/mol. The summed E-state index contributed by atoms with van der Waals surface area (Å²) in [6.45, 7) is 4.86. The lowest BCUT2D eigenvalue weighted by Gasteiger charge is -2.20.